The number of carbonyl (C=O) groups is 1. The number of fused-ring (bicyclic) bond motifs is 2. The summed E-state index contributed by atoms with van der Waals surface area (Å²) in [6, 6.07) is 9.88. The van der Waals surface area contributed by atoms with Crippen LogP contribution in [0.25, 0.3) is 11.0 Å². The van der Waals surface area contributed by atoms with Crippen molar-refractivity contribution in [2.24, 2.45) is 0 Å². The summed E-state index contributed by atoms with van der Waals surface area (Å²) >= 11 is 1.78. The quantitative estimate of drug-likeness (QED) is 0.749. The van der Waals surface area contributed by atoms with E-state index >= 15 is 0 Å². The lowest BCUT2D eigenvalue weighted by atomic mass is 10.0. The number of urea groups is 1. The smallest absolute Gasteiger partial charge is 0.316 e. The van der Waals surface area contributed by atoms with E-state index in [1.165, 1.54) is 10.4 Å². The zero-order valence-electron chi connectivity index (χ0n) is 12.2. The molecule has 5 nitrogen and oxygen atoms in total. The number of hydrogen-bond acceptors (Lipinski definition) is 3. The second-order valence-corrected chi connectivity index (χ2v) is 6.44. The summed E-state index contributed by atoms with van der Waals surface area (Å²) in [6.45, 7) is 2.82. The van der Waals surface area contributed by atoms with Crippen LogP contribution in [0.1, 0.15) is 23.4 Å². The first kappa shape index (κ1) is 13.3. The van der Waals surface area contributed by atoms with E-state index in [2.05, 4.69) is 28.8 Å². The van der Waals surface area contributed by atoms with E-state index in [1.54, 1.807) is 22.3 Å². The zero-order chi connectivity index (χ0) is 15.1. The van der Waals surface area contributed by atoms with Crippen LogP contribution < -0.4 is 5.43 Å². The maximum absolute atomic E-state index is 12.6. The third-order valence-electron chi connectivity index (χ3n) is 4.21. The first-order chi connectivity index (χ1) is 10.7. The normalized spacial score (nSPS) is 17.5. The summed E-state index contributed by atoms with van der Waals surface area (Å²) < 4.78 is 1.69. The molecular formula is C16H16N4OS. The Hall–Kier alpha value is -2.34. The van der Waals surface area contributed by atoms with Crippen LogP contribution in [-0.2, 0) is 6.42 Å². The Balaban J connectivity index is 1.58. The second-order valence-electron chi connectivity index (χ2n) is 5.44. The molecule has 0 radical (unpaired) electrons. The van der Waals surface area contributed by atoms with Gasteiger partial charge in [0.15, 0.2) is 0 Å². The molecule has 0 bridgehead atoms. The molecule has 4 rings (SSSR count). The van der Waals surface area contributed by atoms with Gasteiger partial charge in [-0.3, -0.25) is 0 Å². The summed E-state index contributed by atoms with van der Waals surface area (Å²) in [4.78, 5) is 20.2. The highest BCUT2D eigenvalue weighted by Crippen LogP contribution is 2.32. The Bertz CT molecular complexity index is 837. The van der Waals surface area contributed by atoms with Crippen molar-refractivity contribution in [1.82, 2.24) is 14.6 Å². The minimum absolute atomic E-state index is 0.0903. The molecule has 0 fully saturated rings. The van der Waals surface area contributed by atoms with Crippen LogP contribution >= 0.6 is 11.3 Å². The topological polar surface area (TPSA) is 50.2 Å². The monoisotopic (exact) mass is 312 g/mol. The molecule has 1 atom stereocenters. The van der Waals surface area contributed by atoms with Gasteiger partial charge in [0, 0.05) is 11.4 Å². The Morgan fingerprint density at radius 1 is 1.36 bits per heavy atom. The van der Waals surface area contributed by atoms with E-state index in [1.807, 2.05) is 29.2 Å². The van der Waals surface area contributed by atoms with E-state index in [0.29, 0.717) is 0 Å². The van der Waals surface area contributed by atoms with Crippen LogP contribution in [0.4, 0.5) is 4.79 Å². The van der Waals surface area contributed by atoms with Crippen molar-refractivity contribution in [3.05, 3.63) is 52.5 Å². The van der Waals surface area contributed by atoms with Gasteiger partial charge in [-0.25, -0.2) is 19.9 Å². The summed E-state index contributed by atoms with van der Waals surface area (Å²) in [6.07, 6.45) is 2.57. The van der Waals surface area contributed by atoms with Crippen molar-refractivity contribution in [1.29, 1.82) is 0 Å². The van der Waals surface area contributed by atoms with Gasteiger partial charge in [-0.2, -0.15) is 0 Å². The van der Waals surface area contributed by atoms with Gasteiger partial charge in [-0.15, -0.1) is 11.3 Å². The van der Waals surface area contributed by atoms with Gasteiger partial charge in [0.05, 0.1) is 17.1 Å². The largest absolute Gasteiger partial charge is 0.337 e. The SMILES string of the molecule is CC1c2ccsc2CCN1C(=O)Nn1cnc2ccccc21. The zero-order valence-corrected chi connectivity index (χ0v) is 13.0. The van der Waals surface area contributed by atoms with E-state index < -0.39 is 0 Å². The predicted octanol–water partition coefficient (Wildman–Crippen LogP) is 3.38. The highest BCUT2D eigenvalue weighted by atomic mass is 32.1. The lowest BCUT2D eigenvalue weighted by Gasteiger charge is -2.33. The fraction of sp³-hybridized carbons (Fsp3) is 0.250. The van der Waals surface area contributed by atoms with Crippen LogP contribution in [0, 0.1) is 0 Å². The molecule has 0 saturated carbocycles. The van der Waals surface area contributed by atoms with E-state index in [0.717, 1.165) is 24.0 Å². The Kier molecular flexibility index (Phi) is 3.11. The Labute approximate surface area is 132 Å². The van der Waals surface area contributed by atoms with Gasteiger partial charge in [0.2, 0.25) is 0 Å². The Morgan fingerprint density at radius 3 is 3.14 bits per heavy atom. The molecule has 22 heavy (non-hydrogen) atoms. The average Bonchev–Trinajstić information content (AvgIpc) is 3.15. The lowest BCUT2D eigenvalue weighted by molar-refractivity contribution is 0.186. The third-order valence-corrected chi connectivity index (χ3v) is 5.20. The highest BCUT2D eigenvalue weighted by molar-refractivity contribution is 7.10. The molecule has 3 aromatic rings. The molecule has 1 N–H and O–H groups in total. The number of thiophene rings is 1. The number of nitrogens with one attached hydrogen (secondary N) is 1. The second kappa shape index (κ2) is 5.14. The molecule has 2 aromatic heterocycles. The molecule has 6 heteroatoms. The summed E-state index contributed by atoms with van der Waals surface area (Å²) in [5.41, 5.74) is 5.97. The Morgan fingerprint density at radius 2 is 2.23 bits per heavy atom. The fourth-order valence-corrected chi connectivity index (χ4v) is 3.97. The average molecular weight is 312 g/mol. The molecule has 0 spiro atoms. The number of carbonyl (C=O) groups excluding carboxylic acids is 1. The molecule has 1 unspecified atom stereocenters. The number of para-hydroxylation sites is 2. The number of imidazole rings is 1. The molecule has 112 valence electrons. The van der Waals surface area contributed by atoms with Crippen molar-refractivity contribution in [3.63, 3.8) is 0 Å². The predicted molar refractivity (Wildman–Crippen MR) is 87.6 cm³/mol. The number of amides is 2. The molecule has 0 saturated heterocycles. The number of nitrogens with zero attached hydrogens (tertiary/aromatic N) is 3. The first-order valence-corrected chi connectivity index (χ1v) is 8.18. The standard InChI is InChI=1S/C16H16N4OS/c1-11-12-7-9-22-15(12)6-8-19(11)16(21)18-20-10-17-13-4-2-3-5-14(13)20/h2-5,7,9-11H,6,8H2,1H3,(H,18,21). The van der Waals surface area contributed by atoms with Gasteiger partial charge in [-0.05, 0) is 42.5 Å². The molecule has 1 aliphatic rings. The van der Waals surface area contributed by atoms with Crippen molar-refractivity contribution >= 4 is 28.4 Å². The van der Waals surface area contributed by atoms with Gasteiger partial charge < -0.3 is 4.90 Å². The maximum atomic E-state index is 12.6. The van der Waals surface area contributed by atoms with Gasteiger partial charge in [0.25, 0.3) is 0 Å². The summed E-state index contributed by atoms with van der Waals surface area (Å²) in [5.74, 6) is 0. The molecule has 1 aliphatic heterocycles. The van der Waals surface area contributed by atoms with Crippen molar-refractivity contribution in [3.8, 4) is 0 Å². The van der Waals surface area contributed by atoms with Crippen LogP contribution in [0.2, 0.25) is 0 Å². The molecule has 2 amide bonds. The first-order valence-electron chi connectivity index (χ1n) is 7.30. The van der Waals surface area contributed by atoms with Crippen molar-refractivity contribution < 1.29 is 4.79 Å². The summed E-state index contributed by atoms with van der Waals surface area (Å²) in [7, 11) is 0. The van der Waals surface area contributed by atoms with Crippen LogP contribution in [0.5, 0.6) is 0 Å². The van der Waals surface area contributed by atoms with E-state index in [4.69, 9.17) is 0 Å². The number of hydrogen-bond donors (Lipinski definition) is 1. The van der Waals surface area contributed by atoms with E-state index in [9.17, 15) is 4.79 Å². The van der Waals surface area contributed by atoms with E-state index in [-0.39, 0.29) is 12.1 Å². The number of rotatable bonds is 1. The number of benzene rings is 1. The minimum atomic E-state index is -0.0903. The third kappa shape index (κ3) is 2.07. The highest BCUT2D eigenvalue weighted by Gasteiger charge is 2.28. The number of aromatic nitrogens is 2. The molecule has 1 aromatic carbocycles. The van der Waals surface area contributed by atoms with Crippen LogP contribution in [0.15, 0.2) is 42.0 Å². The molecule has 0 aliphatic carbocycles. The maximum Gasteiger partial charge on any atom is 0.337 e. The summed E-state index contributed by atoms with van der Waals surface area (Å²) in [5, 5.41) is 2.10. The van der Waals surface area contributed by atoms with Crippen molar-refractivity contribution in [2.45, 2.75) is 19.4 Å². The fourth-order valence-electron chi connectivity index (χ4n) is 3.00. The van der Waals surface area contributed by atoms with Crippen molar-refractivity contribution in [2.75, 3.05) is 12.0 Å². The van der Waals surface area contributed by atoms with Gasteiger partial charge >= 0.3 is 6.03 Å². The minimum Gasteiger partial charge on any atom is -0.316 e. The van der Waals surface area contributed by atoms with Gasteiger partial charge in [-0.1, -0.05) is 12.1 Å². The molecule has 3 heterocycles. The molecular weight excluding hydrogens is 296 g/mol. The van der Waals surface area contributed by atoms with Crippen LogP contribution in [0.3, 0.4) is 0 Å². The van der Waals surface area contributed by atoms with Crippen LogP contribution in [-0.4, -0.2) is 27.1 Å². The van der Waals surface area contributed by atoms with Gasteiger partial charge in [0.1, 0.15) is 6.33 Å². The lowest BCUT2D eigenvalue weighted by Crippen LogP contribution is -2.43.